The summed E-state index contributed by atoms with van der Waals surface area (Å²) < 4.78 is 214. The summed E-state index contributed by atoms with van der Waals surface area (Å²) in [6, 6.07) is 73.3. The third kappa shape index (κ3) is 12.5. The fourth-order valence-electron chi connectivity index (χ4n) is 17.3. The summed E-state index contributed by atoms with van der Waals surface area (Å²) in [5, 5.41) is -0.896. The van der Waals surface area contributed by atoms with Gasteiger partial charge < -0.3 is 18.9 Å². The van der Waals surface area contributed by atoms with E-state index in [1.165, 1.54) is 9.13 Å². The lowest BCUT2D eigenvalue weighted by atomic mass is 9.33. The van der Waals surface area contributed by atoms with Gasteiger partial charge in [-0.2, -0.15) is 0 Å². The molecule has 0 atom stereocenters. The van der Waals surface area contributed by atoms with E-state index in [2.05, 4.69) is 98.7 Å². The molecule has 2 aliphatic heterocycles. The van der Waals surface area contributed by atoms with Crippen molar-refractivity contribution in [3.63, 3.8) is 0 Å². The number of benzene rings is 17. The number of hydrogen-bond acceptors (Lipinski definition) is 2. The number of para-hydroxylation sites is 2. The first-order valence-electron chi connectivity index (χ1n) is 50.4. The van der Waals surface area contributed by atoms with Gasteiger partial charge in [0.1, 0.15) is 0 Å². The highest BCUT2D eigenvalue weighted by Gasteiger charge is 2.47. The lowest BCUT2D eigenvalue weighted by molar-refractivity contribution is 0.590. The first-order valence-corrected chi connectivity index (χ1v) is 40.4. The molecule has 0 aliphatic carbocycles. The molecule has 5 heteroatoms. The normalized spacial score (nSPS) is 15.1. The number of aromatic nitrogens is 2. The van der Waals surface area contributed by atoms with Gasteiger partial charge in [-0.05, 0) is 225 Å². The summed E-state index contributed by atoms with van der Waals surface area (Å²) in [7, 11) is 0. The number of hydrogen-bond donors (Lipinski definition) is 0. The Kier molecular flexibility index (Phi) is 12.9. The quantitative estimate of drug-likeness (QED) is 0.113. The van der Waals surface area contributed by atoms with E-state index in [1.54, 1.807) is 60.7 Å². The van der Waals surface area contributed by atoms with Crippen molar-refractivity contribution < 1.29 is 27.4 Å². The number of anilines is 6. The maximum Gasteiger partial charge on any atom is 0.252 e. The SMILES string of the molecule is [2H]c1c([2H])c(-n2c3c([2H])c([2H])c([2H])c([2H])c3c3c([2H])c(-c4ccccc4)c([2H])c([2H])c32)c([2H])c2c1B1c3c(cc(C(C)(C)C)cc3N(c3c(-c4cccc(-c5ccccc5)c4)cc(C(C)(C)C)cc3-c3cccc(-c4ccccc4)c3)c3c([2H])c(-n4c5c([2H])c([2H])c([2H])c([2H])c5c5c([2H])c(-c6ccccc6)c([2H])c([2H])c54)c([2H])c([2H])c31)N2c1c(-c2ccccc2)cc(C(C)(C)C)cc1-c1ccccc1. The average molecular weight is 1550 g/mol. The lowest BCUT2D eigenvalue weighted by Gasteiger charge is -2.47. The predicted octanol–water partition coefficient (Wildman–Crippen LogP) is 29.2. The minimum atomic E-state index is -1.66. The summed E-state index contributed by atoms with van der Waals surface area (Å²) >= 11 is 0. The van der Waals surface area contributed by atoms with Crippen LogP contribution in [0.15, 0.2) is 388 Å². The van der Waals surface area contributed by atoms with Crippen molar-refractivity contribution in [1.82, 2.24) is 9.13 Å². The smallest absolute Gasteiger partial charge is 0.252 e. The van der Waals surface area contributed by atoms with Gasteiger partial charge in [-0.25, -0.2) is 0 Å². The van der Waals surface area contributed by atoms with Gasteiger partial charge in [-0.15, -0.1) is 0 Å². The molecule has 570 valence electrons. The predicted molar refractivity (Wildman–Crippen MR) is 509 cm³/mol. The van der Waals surface area contributed by atoms with Crippen LogP contribution in [0.3, 0.4) is 0 Å². The molecule has 19 aromatic rings. The summed E-state index contributed by atoms with van der Waals surface area (Å²) in [6.07, 6.45) is 0. The van der Waals surface area contributed by atoms with Crippen molar-refractivity contribution >= 4 is 101 Å². The fraction of sp³-hybridized carbons (Fsp3) is 0.105. The largest absolute Gasteiger partial charge is 0.310 e. The van der Waals surface area contributed by atoms with Gasteiger partial charge in [0.05, 0.1) is 60.9 Å². The summed E-state index contributed by atoms with van der Waals surface area (Å²) in [6.45, 7) is 17.3. The maximum atomic E-state index is 12.2. The molecule has 21 rings (SSSR count). The minimum Gasteiger partial charge on any atom is -0.310 e. The second-order valence-corrected chi connectivity index (χ2v) is 34.0. The van der Waals surface area contributed by atoms with Crippen LogP contribution in [0.4, 0.5) is 34.1 Å². The summed E-state index contributed by atoms with van der Waals surface area (Å²) in [5.41, 5.74) is 8.45. The number of nitrogens with zero attached hydrogens (tertiary/aromatic N) is 4. The zero-order valence-electron chi connectivity index (χ0n) is 87.3. The van der Waals surface area contributed by atoms with Crippen LogP contribution in [0, 0.1) is 0 Å². The van der Waals surface area contributed by atoms with Crippen LogP contribution < -0.4 is 26.2 Å². The van der Waals surface area contributed by atoms with Crippen molar-refractivity contribution in [3.05, 3.63) is 404 Å². The van der Waals surface area contributed by atoms with E-state index in [0.717, 1.165) is 33.4 Å². The van der Waals surface area contributed by atoms with Gasteiger partial charge in [-0.3, -0.25) is 0 Å². The molecule has 0 fully saturated rings. The van der Waals surface area contributed by atoms with Gasteiger partial charge >= 0.3 is 0 Å². The summed E-state index contributed by atoms with van der Waals surface area (Å²) in [4.78, 5) is 3.92. The summed E-state index contributed by atoms with van der Waals surface area (Å²) in [5.74, 6) is 0. The van der Waals surface area contributed by atoms with Crippen molar-refractivity contribution in [2.24, 2.45) is 0 Å². The van der Waals surface area contributed by atoms with E-state index < -0.39 is 143 Å². The van der Waals surface area contributed by atoms with E-state index in [4.69, 9.17) is 0 Å². The van der Waals surface area contributed by atoms with Gasteiger partial charge in [0.25, 0.3) is 6.71 Å². The highest BCUT2D eigenvalue weighted by molar-refractivity contribution is 7.00. The number of fused-ring (bicyclic) bond motifs is 10. The molecule has 0 radical (unpaired) electrons. The second kappa shape index (κ2) is 28.4. The molecule has 0 spiro atoms. The molecule has 0 saturated heterocycles. The maximum absolute atomic E-state index is 12.2. The van der Waals surface area contributed by atoms with E-state index in [0.29, 0.717) is 89.4 Å². The van der Waals surface area contributed by atoms with Crippen molar-refractivity contribution in [1.29, 1.82) is 0 Å². The molecule has 0 saturated carbocycles. The van der Waals surface area contributed by atoms with Crippen LogP contribution in [0.1, 0.15) is 106 Å². The molecule has 0 bridgehead atoms. The monoisotopic (exact) mass is 1550 g/mol. The van der Waals surface area contributed by atoms with Crippen LogP contribution in [-0.2, 0) is 16.2 Å². The molecule has 0 N–H and O–H groups in total. The molecule has 2 aliphatic rings. The Bertz CT molecular complexity index is 8320. The second-order valence-electron chi connectivity index (χ2n) is 34.0. The molecular weight excluding hydrogens is 1440 g/mol. The Morgan fingerprint density at radius 2 is 0.546 bits per heavy atom. The van der Waals surface area contributed by atoms with Gasteiger partial charge in [-0.1, -0.05) is 341 Å². The molecule has 119 heavy (non-hydrogen) atoms. The zero-order valence-corrected chi connectivity index (χ0v) is 67.3. The number of rotatable bonds is 12. The van der Waals surface area contributed by atoms with Crippen molar-refractivity contribution in [2.75, 3.05) is 9.80 Å². The molecule has 0 unspecified atom stereocenters. The highest BCUT2D eigenvalue weighted by Crippen LogP contribution is 2.57. The average Bonchev–Trinajstić information content (AvgIpc) is 1.63. The third-order valence-corrected chi connectivity index (χ3v) is 23.4. The van der Waals surface area contributed by atoms with E-state index in [-0.39, 0.29) is 89.1 Å². The van der Waals surface area contributed by atoms with Crippen molar-refractivity contribution in [3.8, 4) is 100 Å². The molecule has 17 aromatic carbocycles. The van der Waals surface area contributed by atoms with Crippen LogP contribution in [0.5, 0.6) is 0 Å². The van der Waals surface area contributed by atoms with Gasteiger partial charge in [0.15, 0.2) is 0 Å². The Labute approximate surface area is 727 Å². The molecular formula is C114H91BN4. The first-order chi connectivity index (χ1) is 66.3. The zero-order chi connectivity index (χ0) is 98.0. The standard InChI is InChI=1S/C114H91BN4/c1-112(2,3)86-66-93(78-42-24-14-25-43-78)110(94(67-86)79-44-26-15-27-45-79)118-105-72-89(116-101-52-30-28-50-91(101)97-64-82(54-60-103(97)116)76-38-20-12-21-39-76)56-58-99(105)115-100-59-57-90(117-102-53-31-29-51-92(102)98-65-83(55-61-104(98)117)77-40-22-13-23-41-77)73-106(100)119(108-71-88(114(7,8)9)70-107(118)109(108)115)111-95(84-48-32-46-80(62-84)74-34-16-10-17-35-74)68-87(113(4,5)6)69-96(111)85-49-33-47-81(63-85)75-36-18-11-19-37-75/h10-73H,1-9H3/i28D,29D,30D,31D,50D,51D,52D,53D,54D,55D,56D,57D,58D,59D,60D,61D,64D,65D,72D,73D. The molecule has 4 heterocycles. The van der Waals surface area contributed by atoms with Gasteiger partial charge in [0.2, 0.25) is 0 Å². The first kappa shape index (κ1) is 54.0. The topological polar surface area (TPSA) is 16.3 Å². The molecule has 2 aromatic heterocycles. The molecule has 0 amide bonds. The van der Waals surface area contributed by atoms with Crippen LogP contribution in [0.25, 0.3) is 144 Å². The molecule has 4 nitrogen and oxygen atoms in total. The van der Waals surface area contributed by atoms with E-state index in [1.807, 2.05) is 180 Å². The van der Waals surface area contributed by atoms with Crippen LogP contribution in [-0.4, -0.2) is 15.8 Å². The lowest BCUT2D eigenvalue weighted by Crippen LogP contribution is -2.61. The Balaban J connectivity index is 1.03. The Morgan fingerprint density at radius 3 is 0.908 bits per heavy atom. The van der Waals surface area contributed by atoms with Crippen LogP contribution in [0.2, 0.25) is 0 Å². The Hall–Kier alpha value is -14.0. The van der Waals surface area contributed by atoms with Crippen LogP contribution >= 0.6 is 0 Å². The van der Waals surface area contributed by atoms with Gasteiger partial charge in [0, 0.05) is 77.9 Å². The third-order valence-electron chi connectivity index (χ3n) is 23.4. The van der Waals surface area contributed by atoms with E-state index in [9.17, 15) is 27.4 Å². The highest BCUT2D eigenvalue weighted by atomic mass is 15.2. The van der Waals surface area contributed by atoms with Crippen molar-refractivity contribution in [2.45, 2.75) is 78.6 Å². The fourth-order valence-corrected chi connectivity index (χ4v) is 17.3. The minimum absolute atomic E-state index is 0.0305. The Morgan fingerprint density at radius 1 is 0.244 bits per heavy atom. The van der Waals surface area contributed by atoms with E-state index >= 15 is 0 Å².